The summed E-state index contributed by atoms with van der Waals surface area (Å²) in [5, 5.41) is 35.9. The molecule has 3 atom stereocenters. The van der Waals surface area contributed by atoms with Gasteiger partial charge in [0, 0.05) is 23.0 Å². The number of carbonyl (C=O) groups excluding carboxylic acids is 2. The van der Waals surface area contributed by atoms with Gasteiger partial charge in [0.1, 0.15) is 29.8 Å². The predicted molar refractivity (Wildman–Crippen MR) is 140 cm³/mol. The number of hydrogen-bond acceptors (Lipinski definition) is 15. The SMILES string of the molecule is Nc1nc(C(=NOC2C=CCC2)C(=O)NC2C(=O)N3C(C(=O)O)=C(CSc4nnnn4CC(=O)O)CS[C@H]23)ns1. The van der Waals surface area contributed by atoms with E-state index in [1.54, 1.807) is 0 Å². The van der Waals surface area contributed by atoms with E-state index >= 15 is 0 Å². The molecule has 210 valence electrons. The van der Waals surface area contributed by atoms with Crippen molar-refractivity contribution in [3.05, 3.63) is 29.2 Å². The Morgan fingerprint density at radius 3 is 2.83 bits per heavy atom. The van der Waals surface area contributed by atoms with Crippen molar-refractivity contribution in [2.24, 2.45) is 5.16 Å². The Morgan fingerprint density at radius 1 is 1.32 bits per heavy atom. The Balaban J connectivity index is 1.29. The summed E-state index contributed by atoms with van der Waals surface area (Å²) in [5.41, 5.74) is 5.62. The number of nitrogens with zero attached hydrogens (tertiary/aromatic N) is 8. The van der Waals surface area contributed by atoms with Crippen LogP contribution >= 0.6 is 35.1 Å². The summed E-state index contributed by atoms with van der Waals surface area (Å²) in [4.78, 5) is 60.0. The van der Waals surface area contributed by atoms with Crippen LogP contribution in [0.15, 0.2) is 33.7 Å². The molecule has 0 spiro atoms. The van der Waals surface area contributed by atoms with Crippen molar-refractivity contribution in [2.45, 2.75) is 42.1 Å². The first-order valence-electron chi connectivity index (χ1n) is 11.5. The monoisotopic (exact) mass is 608 g/mol. The van der Waals surface area contributed by atoms with Crippen molar-refractivity contribution in [3.8, 4) is 0 Å². The molecule has 2 aromatic heterocycles. The number of aromatic nitrogens is 6. The number of carboxylic acid groups (broad SMARTS) is 2. The first-order chi connectivity index (χ1) is 19.2. The van der Waals surface area contributed by atoms with E-state index < -0.39 is 41.7 Å². The molecule has 0 aromatic carbocycles. The third-order valence-electron chi connectivity index (χ3n) is 5.81. The fourth-order valence-corrected chi connectivity index (χ4v) is 6.81. The smallest absolute Gasteiger partial charge is 0.352 e. The van der Waals surface area contributed by atoms with E-state index in [1.807, 2.05) is 12.2 Å². The van der Waals surface area contributed by atoms with Crippen LogP contribution in [0.1, 0.15) is 18.7 Å². The van der Waals surface area contributed by atoms with Crippen LogP contribution in [-0.2, 0) is 30.6 Å². The van der Waals surface area contributed by atoms with Gasteiger partial charge < -0.3 is 26.1 Å². The van der Waals surface area contributed by atoms with Crippen molar-refractivity contribution in [1.82, 2.24) is 39.8 Å². The Labute approximate surface area is 237 Å². The number of amides is 2. The number of aliphatic carboxylic acids is 2. The molecule has 20 heteroatoms. The van der Waals surface area contributed by atoms with Crippen LogP contribution in [0.5, 0.6) is 0 Å². The highest BCUT2D eigenvalue weighted by molar-refractivity contribution is 8.01. The topological polar surface area (TPSA) is 241 Å². The molecule has 2 aromatic rings. The van der Waals surface area contributed by atoms with Gasteiger partial charge in [-0.3, -0.25) is 19.3 Å². The van der Waals surface area contributed by atoms with E-state index in [1.165, 1.54) is 11.8 Å². The largest absolute Gasteiger partial charge is 0.480 e. The highest BCUT2D eigenvalue weighted by atomic mass is 32.2. The number of rotatable bonds is 11. The van der Waals surface area contributed by atoms with Gasteiger partial charge in [0.05, 0.1) is 0 Å². The normalized spacial score (nSPS) is 22.2. The molecule has 3 aliphatic rings. The minimum absolute atomic E-state index is 0.0578. The van der Waals surface area contributed by atoms with Crippen LogP contribution in [0, 0.1) is 0 Å². The first kappa shape index (κ1) is 27.5. The van der Waals surface area contributed by atoms with Crippen molar-refractivity contribution >= 4 is 69.7 Å². The van der Waals surface area contributed by atoms with Gasteiger partial charge in [0.25, 0.3) is 11.8 Å². The molecule has 0 saturated carbocycles. The van der Waals surface area contributed by atoms with Crippen molar-refractivity contribution in [2.75, 3.05) is 17.2 Å². The fraction of sp³-hybridized carbons (Fsp3) is 0.400. The zero-order valence-corrected chi connectivity index (χ0v) is 22.7. The molecule has 2 aliphatic heterocycles. The number of nitrogen functional groups attached to an aromatic ring is 1. The number of allylic oxidation sites excluding steroid dienone is 1. The third-order valence-corrected chi connectivity index (χ3v) is 8.74. The number of carboxylic acids is 2. The van der Waals surface area contributed by atoms with E-state index in [2.05, 4.69) is 35.4 Å². The maximum Gasteiger partial charge on any atom is 0.352 e. The van der Waals surface area contributed by atoms with E-state index in [9.17, 15) is 24.3 Å². The molecule has 2 unspecified atom stereocenters. The van der Waals surface area contributed by atoms with Crippen LogP contribution in [0.2, 0.25) is 0 Å². The second kappa shape index (κ2) is 11.6. The average Bonchev–Trinajstić information content (AvgIpc) is 3.68. The Hall–Kier alpha value is -4.04. The summed E-state index contributed by atoms with van der Waals surface area (Å²) < 4.78 is 5.10. The number of hydrogen-bond donors (Lipinski definition) is 4. The number of nitrogens with one attached hydrogen (secondary N) is 1. The van der Waals surface area contributed by atoms with Gasteiger partial charge in [-0.05, 0) is 34.9 Å². The molecule has 17 nitrogen and oxygen atoms in total. The van der Waals surface area contributed by atoms with E-state index in [-0.39, 0.29) is 45.1 Å². The Bertz CT molecular complexity index is 1450. The van der Waals surface area contributed by atoms with E-state index in [0.29, 0.717) is 12.0 Å². The molecule has 4 heterocycles. The zero-order chi connectivity index (χ0) is 28.4. The second-order valence-corrected chi connectivity index (χ2v) is 11.3. The number of fused-ring (bicyclic) bond motifs is 1. The number of tetrazole rings is 1. The van der Waals surface area contributed by atoms with Gasteiger partial charge in [-0.2, -0.15) is 9.36 Å². The van der Waals surface area contributed by atoms with Crippen LogP contribution in [0.3, 0.4) is 0 Å². The zero-order valence-electron chi connectivity index (χ0n) is 20.2. The molecule has 1 aliphatic carbocycles. The number of thioether (sulfide) groups is 2. The van der Waals surface area contributed by atoms with Crippen LogP contribution in [-0.4, -0.2) is 103 Å². The molecule has 40 heavy (non-hydrogen) atoms. The standard InChI is InChI=1S/C20H20N10O7S3/c21-19-23-14(26-40-19)11(25-37-9-3-1-2-4-9)15(33)22-12-16(34)30-13(18(35)36)8(6-38-17(12)30)7-39-20-24-27-28-29(20)5-10(31)32/h1,3,9,12,17H,2,4-7H2,(H,22,33)(H,31,32)(H,35,36)(H2,21,23,26)/t9?,12?,17-/m1/s1. The second-order valence-electron chi connectivity index (χ2n) is 8.47. The summed E-state index contributed by atoms with van der Waals surface area (Å²) in [6.45, 7) is -0.459. The average molecular weight is 609 g/mol. The van der Waals surface area contributed by atoms with Crippen molar-refractivity contribution < 1.29 is 34.2 Å². The Morgan fingerprint density at radius 2 is 2.15 bits per heavy atom. The van der Waals surface area contributed by atoms with Crippen LogP contribution < -0.4 is 11.1 Å². The lowest BCUT2D eigenvalue weighted by molar-refractivity contribution is -0.150. The predicted octanol–water partition coefficient (Wildman–Crippen LogP) is -0.838. The van der Waals surface area contributed by atoms with Gasteiger partial charge in [-0.15, -0.1) is 16.9 Å². The van der Waals surface area contributed by atoms with Gasteiger partial charge in [-0.25, -0.2) is 9.48 Å². The molecular formula is C20H20N10O7S3. The quantitative estimate of drug-likeness (QED) is 0.0799. The molecule has 5 rings (SSSR count). The number of β-lactam (4-membered cyclic amide) rings is 1. The molecule has 2 amide bonds. The minimum Gasteiger partial charge on any atom is -0.480 e. The number of oxime groups is 1. The minimum atomic E-state index is -1.31. The van der Waals surface area contributed by atoms with E-state index in [4.69, 9.17) is 15.7 Å². The maximum absolute atomic E-state index is 13.2. The number of anilines is 1. The summed E-state index contributed by atoms with van der Waals surface area (Å²) in [7, 11) is 0. The maximum atomic E-state index is 13.2. The molecular weight excluding hydrogens is 588 g/mol. The number of carbonyl (C=O) groups is 4. The molecule has 0 bridgehead atoms. The van der Waals surface area contributed by atoms with Crippen LogP contribution in [0.4, 0.5) is 5.13 Å². The summed E-state index contributed by atoms with van der Waals surface area (Å²) in [5.74, 6) is -3.57. The lowest BCUT2D eigenvalue weighted by atomic mass is 10.0. The lowest BCUT2D eigenvalue weighted by Crippen LogP contribution is -2.71. The van der Waals surface area contributed by atoms with Crippen LogP contribution in [0.25, 0.3) is 0 Å². The van der Waals surface area contributed by atoms with Gasteiger partial charge >= 0.3 is 11.9 Å². The molecule has 0 radical (unpaired) electrons. The van der Waals surface area contributed by atoms with Gasteiger partial charge in [0.15, 0.2) is 5.13 Å². The first-order valence-corrected chi connectivity index (χ1v) is 14.4. The summed E-state index contributed by atoms with van der Waals surface area (Å²) in [6.07, 6.45) is 4.93. The fourth-order valence-electron chi connectivity index (χ4n) is 4.01. The van der Waals surface area contributed by atoms with Gasteiger partial charge in [-0.1, -0.05) is 23.0 Å². The lowest BCUT2D eigenvalue weighted by Gasteiger charge is -2.49. The summed E-state index contributed by atoms with van der Waals surface area (Å²) in [6, 6.07) is -1.03. The summed E-state index contributed by atoms with van der Waals surface area (Å²) >= 11 is 3.18. The third kappa shape index (κ3) is 5.63. The number of nitrogens with two attached hydrogens (primary N) is 1. The molecule has 1 saturated heterocycles. The van der Waals surface area contributed by atoms with Crippen molar-refractivity contribution in [1.29, 1.82) is 0 Å². The van der Waals surface area contributed by atoms with Gasteiger partial charge in [0.2, 0.25) is 16.7 Å². The molecule has 5 N–H and O–H groups in total. The highest BCUT2D eigenvalue weighted by Gasteiger charge is 2.54. The molecule has 1 fully saturated rings. The van der Waals surface area contributed by atoms with E-state index in [0.717, 1.165) is 39.3 Å². The Kier molecular flexibility index (Phi) is 7.98. The highest BCUT2D eigenvalue weighted by Crippen LogP contribution is 2.41. The van der Waals surface area contributed by atoms with Crippen molar-refractivity contribution in [3.63, 3.8) is 0 Å².